The summed E-state index contributed by atoms with van der Waals surface area (Å²) in [4.78, 5) is 14.7. The first-order valence-corrected chi connectivity index (χ1v) is 8.97. The number of aliphatic hydroxyl groups is 1. The number of hydrogen-bond donors (Lipinski definition) is 2. The third kappa shape index (κ3) is 4.12. The highest BCUT2D eigenvalue weighted by Crippen LogP contribution is 2.35. The minimum absolute atomic E-state index is 0.0890. The van der Waals surface area contributed by atoms with Gasteiger partial charge in [-0.05, 0) is 43.7 Å². The van der Waals surface area contributed by atoms with Crippen molar-refractivity contribution in [1.82, 2.24) is 10.2 Å². The Morgan fingerprint density at radius 2 is 1.91 bits per heavy atom. The van der Waals surface area contributed by atoms with Crippen molar-refractivity contribution in [3.8, 4) is 0 Å². The number of carbonyl (C=O) groups is 1. The van der Waals surface area contributed by atoms with Gasteiger partial charge >= 0.3 is 0 Å². The first-order chi connectivity index (χ1) is 11.3. The van der Waals surface area contributed by atoms with Gasteiger partial charge in [0.15, 0.2) is 0 Å². The summed E-state index contributed by atoms with van der Waals surface area (Å²) in [6.45, 7) is 1.47. The van der Waals surface area contributed by atoms with Gasteiger partial charge in [-0.3, -0.25) is 9.69 Å². The lowest BCUT2D eigenvalue weighted by Gasteiger charge is -2.28. The summed E-state index contributed by atoms with van der Waals surface area (Å²) in [5.41, 5.74) is 1.22. The van der Waals surface area contributed by atoms with E-state index in [2.05, 4.69) is 22.3 Å². The maximum absolute atomic E-state index is 12.6. The van der Waals surface area contributed by atoms with Crippen molar-refractivity contribution in [2.75, 3.05) is 19.7 Å². The second kappa shape index (κ2) is 7.93. The van der Waals surface area contributed by atoms with Gasteiger partial charge in [0.05, 0.1) is 19.2 Å². The minimum atomic E-state index is 0.0890. The van der Waals surface area contributed by atoms with Crippen LogP contribution < -0.4 is 5.32 Å². The monoisotopic (exact) mass is 316 g/mol. The van der Waals surface area contributed by atoms with Crippen LogP contribution >= 0.6 is 0 Å². The zero-order chi connectivity index (χ0) is 16.1. The molecule has 0 radical (unpaired) electrons. The molecule has 1 saturated heterocycles. The summed E-state index contributed by atoms with van der Waals surface area (Å²) in [5, 5.41) is 12.7. The Labute approximate surface area is 138 Å². The van der Waals surface area contributed by atoms with Crippen LogP contribution in [0.2, 0.25) is 0 Å². The number of rotatable bonds is 6. The van der Waals surface area contributed by atoms with E-state index in [-0.39, 0.29) is 24.6 Å². The first-order valence-electron chi connectivity index (χ1n) is 8.97. The Morgan fingerprint density at radius 1 is 1.17 bits per heavy atom. The zero-order valence-corrected chi connectivity index (χ0v) is 13.8. The van der Waals surface area contributed by atoms with E-state index in [1.807, 2.05) is 18.2 Å². The van der Waals surface area contributed by atoms with Crippen LogP contribution in [0.1, 0.15) is 50.1 Å². The average molecular weight is 316 g/mol. The van der Waals surface area contributed by atoms with Gasteiger partial charge in [0.25, 0.3) is 0 Å². The maximum atomic E-state index is 12.6. The SMILES string of the molecule is O=C(CN1CCC[C@@H]1CO)NC(c1ccccc1)C1CCCC1. The molecule has 1 aromatic rings. The van der Waals surface area contributed by atoms with Crippen LogP contribution in [0.5, 0.6) is 0 Å². The number of hydrogen-bond acceptors (Lipinski definition) is 3. The first kappa shape index (κ1) is 16.5. The van der Waals surface area contributed by atoms with Crippen molar-refractivity contribution in [3.63, 3.8) is 0 Å². The smallest absolute Gasteiger partial charge is 0.234 e. The second-order valence-corrected chi connectivity index (χ2v) is 6.95. The Bertz CT molecular complexity index is 499. The molecular formula is C19H28N2O2. The van der Waals surface area contributed by atoms with Crippen LogP contribution in [0.25, 0.3) is 0 Å². The summed E-state index contributed by atoms with van der Waals surface area (Å²) in [6.07, 6.45) is 6.99. The predicted octanol–water partition coefficient (Wildman–Crippen LogP) is 2.49. The molecule has 2 atom stereocenters. The molecule has 23 heavy (non-hydrogen) atoms. The number of benzene rings is 1. The third-order valence-corrected chi connectivity index (χ3v) is 5.40. The van der Waals surface area contributed by atoms with Gasteiger partial charge in [0.1, 0.15) is 0 Å². The van der Waals surface area contributed by atoms with E-state index in [9.17, 15) is 9.90 Å². The summed E-state index contributed by atoms with van der Waals surface area (Å²) in [5.74, 6) is 0.639. The van der Waals surface area contributed by atoms with E-state index in [4.69, 9.17) is 0 Å². The molecule has 3 rings (SSSR count). The molecule has 0 aromatic heterocycles. The Balaban J connectivity index is 1.64. The van der Waals surface area contributed by atoms with Gasteiger partial charge in [0, 0.05) is 6.04 Å². The molecule has 1 aliphatic heterocycles. The molecule has 1 unspecified atom stereocenters. The highest BCUT2D eigenvalue weighted by molar-refractivity contribution is 5.78. The highest BCUT2D eigenvalue weighted by Gasteiger charge is 2.30. The summed E-state index contributed by atoms with van der Waals surface area (Å²) in [6, 6.07) is 10.6. The molecule has 0 spiro atoms. The average Bonchev–Trinajstić information content (AvgIpc) is 3.25. The fourth-order valence-corrected chi connectivity index (χ4v) is 4.14. The largest absolute Gasteiger partial charge is 0.395 e. The molecule has 0 bridgehead atoms. The van der Waals surface area contributed by atoms with E-state index < -0.39 is 0 Å². The molecule has 4 heteroatoms. The fraction of sp³-hybridized carbons (Fsp3) is 0.632. The fourth-order valence-electron chi connectivity index (χ4n) is 4.14. The Kier molecular flexibility index (Phi) is 5.68. The van der Waals surface area contributed by atoms with E-state index >= 15 is 0 Å². The van der Waals surface area contributed by atoms with Crippen molar-refractivity contribution in [2.24, 2.45) is 5.92 Å². The zero-order valence-electron chi connectivity index (χ0n) is 13.8. The van der Waals surface area contributed by atoms with Gasteiger partial charge in [0.2, 0.25) is 5.91 Å². The molecule has 1 aromatic carbocycles. The van der Waals surface area contributed by atoms with Gasteiger partial charge in [-0.25, -0.2) is 0 Å². The van der Waals surface area contributed by atoms with Crippen molar-refractivity contribution >= 4 is 5.91 Å². The lowest BCUT2D eigenvalue weighted by Crippen LogP contribution is -2.43. The van der Waals surface area contributed by atoms with Crippen LogP contribution in [-0.4, -0.2) is 41.7 Å². The number of likely N-dealkylation sites (tertiary alicyclic amines) is 1. The molecule has 1 saturated carbocycles. The van der Waals surface area contributed by atoms with Crippen molar-refractivity contribution < 1.29 is 9.90 Å². The van der Waals surface area contributed by atoms with Crippen molar-refractivity contribution in [2.45, 2.75) is 50.6 Å². The van der Waals surface area contributed by atoms with Gasteiger partial charge < -0.3 is 10.4 Å². The van der Waals surface area contributed by atoms with Crippen LogP contribution in [0.15, 0.2) is 30.3 Å². The molecule has 2 aliphatic rings. The van der Waals surface area contributed by atoms with Crippen LogP contribution in [0.4, 0.5) is 0 Å². The molecule has 1 heterocycles. The summed E-state index contributed by atoms with van der Waals surface area (Å²) < 4.78 is 0. The maximum Gasteiger partial charge on any atom is 0.234 e. The van der Waals surface area contributed by atoms with E-state index in [1.54, 1.807) is 0 Å². The summed E-state index contributed by atoms with van der Waals surface area (Å²) >= 11 is 0. The van der Waals surface area contributed by atoms with Gasteiger partial charge in [-0.1, -0.05) is 43.2 Å². The van der Waals surface area contributed by atoms with Crippen molar-refractivity contribution in [3.05, 3.63) is 35.9 Å². The van der Waals surface area contributed by atoms with E-state index in [0.29, 0.717) is 12.5 Å². The van der Waals surface area contributed by atoms with Gasteiger partial charge in [-0.15, -0.1) is 0 Å². The molecule has 1 amide bonds. The third-order valence-electron chi connectivity index (χ3n) is 5.40. The number of nitrogens with zero attached hydrogens (tertiary/aromatic N) is 1. The van der Waals surface area contributed by atoms with E-state index in [1.165, 1.54) is 31.2 Å². The van der Waals surface area contributed by atoms with Crippen molar-refractivity contribution in [1.29, 1.82) is 0 Å². The second-order valence-electron chi connectivity index (χ2n) is 6.95. The Hall–Kier alpha value is -1.39. The molecular weight excluding hydrogens is 288 g/mol. The Morgan fingerprint density at radius 3 is 2.61 bits per heavy atom. The van der Waals surface area contributed by atoms with Gasteiger partial charge in [-0.2, -0.15) is 0 Å². The van der Waals surface area contributed by atoms with E-state index in [0.717, 1.165) is 19.4 Å². The number of carbonyl (C=O) groups excluding carboxylic acids is 1. The topological polar surface area (TPSA) is 52.6 Å². The predicted molar refractivity (Wildman–Crippen MR) is 91.0 cm³/mol. The molecule has 2 N–H and O–H groups in total. The molecule has 2 fully saturated rings. The summed E-state index contributed by atoms with van der Waals surface area (Å²) in [7, 11) is 0. The number of nitrogens with one attached hydrogen (secondary N) is 1. The normalized spacial score (nSPS) is 24.0. The lowest BCUT2D eigenvalue weighted by atomic mass is 9.91. The lowest BCUT2D eigenvalue weighted by molar-refractivity contribution is -0.123. The number of amides is 1. The molecule has 126 valence electrons. The quantitative estimate of drug-likeness (QED) is 0.848. The minimum Gasteiger partial charge on any atom is -0.395 e. The molecule has 1 aliphatic carbocycles. The van der Waals surface area contributed by atoms with Crippen LogP contribution in [0, 0.1) is 5.92 Å². The highest BCUT2D eigenvalue weighted by atomic mass is 16.3. The molecule has 4 nitrogen and oxygen atoms in total. The standard InChI is InChI=1S/C19H28N2O2/c22-14-17-11-6-12-21(17)13-18(23)20-19(16-9-4-5-10-16)15-7-2-1-3-8-15/h1-3,7-8,16-17,19,22H,4-6,9-14H2,(H,20,23)/t17-,19?/m1/s1. The van der Waals surface area contributed by atoms with Crippen LogP contribution in [0.3, 0.4) is 0 Å². The van der Waals surface area contributed by atoms with Crippen LogP contribution in [-0.2, 0) is 4.79 Å². The number of aliphatic hydroxyl groups excluding tert-OH is 1.